The summed E-state index contributed by atoms with van der Waals surface area (Å²) in [5.74, 6) is 0. The molecular formula is C11H4Cl11. The monoisotopic (exact) mass is 521 g/mol. The Hall–Kier alpha value is 2.41. The van der Waals surface area contributed by atoms with E-state index in [9.17, 15) is 0 Å². The Morgan fingerprint density at radius 3 is 1.32 bits per heavy atom. The molecule has 0 amide bonds. The second kappa shape index (κ2) is 7.20. The van der Waals surface area contributed by atoms with Gasteiger partial charge in [-0.3, -0.25) is 0 Å². The molecule has 0 aliphatic heterocycles. The third-order valence-corrected chi connectivity index (χ3v) is 6.32. The van der Waals surface area contributed by atoms with Gasteiger partial charge in [0.1, 0.15) is 5.41 Å². The number of rotatable bonds is 2. The van der Waals surface area contributed by atoms with E-state index in [4.69, 9.17) is 128 Å². The van der Waals surface area contributed by atoms with E-state index in [0.717, 1.165) is 0 Å². The summed E-state index contributed by atoms with van der Waals surface area (Å²) in [6, 6.07) is 8.93. The highest BCUT2D eigenvalue weighted by atomic mass is 35.6. The van der Waals surface area contributed by atoms with Crippen molar-refractivity contribution in [3.8, 4) is 0 Å². The zero-order valence-electron chi connectivity index (χ0n) is 9.97. The number of halogens is 11. The van der Waals surface area contributed by atoms with E-state index in [2.05, 4.69) is 6.07 Å². The topological polar surface area (TPSA) is 0 Å². The molecule has 0 aliphatic carbocycles. The fourth-order valence-electron chi connectivity index (χ4n) is 1.81. The molecule has 0 saturated carbocycles. The Balaban J connectivity index is 3.87. The van der Waals surface area contributed by atoms with Crippen molar-refractivity contribution < 1.29 is 0 Å². The molecule has 1 radical (unpaired) electrons. The Kier molecular flexibility index (Phi) is 7.35. The highest BCUT2D eigenvalue weighted by molar-refractivity contribution is 6.79. The minimum Gasteiger partial charge on any atom is -0.0951 e. The van der Waals surface area contributed by atoms with E-state index in [1.54, 1.807) is 12.1 Å². The minimum atomic E-state index is -2.50. The summed E-state index contributed by atoms with van der Waals surface area (Å²) in [4.78, 5) is 0. The second-order valence-corrected chi connectivity index (χ2v) is 12.3. The van der Waals surface area contributed by atoms with Crippen LogP contribution in [0, 0.1) is 11.5 Å². The van der Waals surface area contributed by atoms with Crippen LogP contribution in [0.1, 0.15) is 5.56 Å². The molecule has 1 aromatic rings. The number of benzene rings is 1. The number of hydrogen-bond donors (Lipinski definition) is 0. The summed E-state index contributed by atoms with van der Waals surface area (Å²) in [7, 11) is 0. The normalized spacial score (nSPS) is 15.0. The summed E-state index contributed by atoms with van der Waals surface area (Å²) in [6.07, 6.45) is 0. The van der Waals surface area contributed by atoms with Gasteiger partial charge in [0.05, 0.1) is 0 Å². The maximum absolute atomic E-state index is 6.41. The van der Waals surface area contributed by atoms with E-state index >= 15 is 0 Å². The van der Waals surface area contributed by atoms with Crippen molar-refractivity contribution in [3.63, 3.8) is 0 Å². The molecule has 125 valence electrons. The summed E-state index contributed by atoms with van der Waals surface area (Å²) in [6.45, 7) is 0. The van der Waals surface area contributed by atoms with E-state index in [1.807, 2.05) is 0 Å². The lowest BCUT2D eigenvalue weighted by molar-refractivity contribution is 0.260. The molecule has 0 bridgehead atoms. The Bertz CT molecular complexity index is 470. The van der Waals surface area contributed by atoms with Crippen LogP contribution in [-0.2, 0) is 4.33 Å². The molecule has 0 nitrogen and oxygen atoms in total. The van der Waals surface area contributed by atoms with Gasteiger partial charge in [0.15, 0.2) is 4.33 Å². The highest BCUT2D eigenvalue weighted by Crippen LogP contribution is 2.76. The van der Waals surface area contributed by atoms with Crippen LogP contribution in [0.5, 0.6) is 0 Å². The van der Waals surface area contributed by atoms with E-state index in [0.29, 0.717) is 0 Å². The van der Waals surface area contributed by atoms with Crippen molar-refractivity contribution in [2.45, 2.75) is 15.7 Å². The van der Waals surface area contributed by atoms with Crippen LogP contribution in [0.3, 0.4) is 0 Å². The molecule has 0 spiro atoms. The van der Waals surface area contributed by atoms with Crippen LogP contribution in [0.4, 0.5) is 0 Å². The average molecular weight is 526 g/mol. The molecule has 0 aromatic heterocycles. The largest absolute Gasteiger partial charge is 0.207 e. The Morgan fingerprint density at radius 1 is 0.636 bits per heavy atom. The van der Waals surface area contributed by atoms with E-state index < -0.39 is 21.1 Å². The Labute approximate surface area is 183 Å². The maximum Gasteiger partial charge on any atom is 0.207 e. The molecule has 0 atom stereocenters. The zero-order chi connectivity index (χ0) is 17.6. The minimum absolute atomic E-state index is 0.0855. The zero-order valence-corrected chi connectivity index (χ0v) is 18.3. The molecule has 1 aromatic carbocycles. The van der Waals surface area contributed by atoms with Crippen molar-refractivity contribution in [1.82, 2.24) is 0 Å². The van der Waals surface area contributed by atoms with Gasteiger partial charge in [-0.2, -0.15) is 0 Å². The summed E-state index contributed by atoms with van der Waals surface area (Å²) < 4.78 is -9.71. The van der Waals surface area contributed by atoms with Gasteiger partial charge in [-0.05, 0) is 11.6 Å². The van der Waals surface area contributed by atoms with Crippen molar-refractivity contribution in [3.05, 3.63) is 35.9 Å². The molecule has 11 heteroatoms. The maximum atomic E-state index is 6.41. The first-order valence-electron chi connectivity index (χ1n) is 5.16. The van der Waals surface area contributed by atoms with Gasteiger partial charge in [0.25, 0.3) is 0 Å². The van der Waals surface area contributed by atoms with Crippen molar-refractivity contribution in [2.24, 2.45) is 5.41 Å². The summed E-state index contributed by atoms with van der Waals surface area (Å²) in [5, 5.41) is 0. The lowest BCUT2D eigenvalue weighted by atomic mass is 9.84. The SMILES string of the molecule is ClC(Cl)(Cl)C(C(Cl)(Cl)Cl)(C(Cl)(Cl)Cl)C(Cl)(Cl)c1[c]cccc1. The first-order chi connectivity index (χ1) is 9.61. The van der Waals surface area contributed by atoms with Gasteiger partial charge in [-0.25, -0.2) is 0 Å². The standard InChI is InChI=1S/C11H4Cl11/c12-7(13,6-4-2-1-3-5-6)8(9(14,15)16,10(17,18)19)11(20,21)22/h1-4H. The molecular weight excluding hydrogens is 522 g/mol. The summed E-state index contributed by atoms with van der Waals surface area (Å²) >= 11 is 66.8. The lowest BCUT2D eigenvalue weighted by Crippen LogP contribution is -2.63. The molecule has 0 N–H and O–H groups in total. The van der Waals surface area contributed by atoms with Crippen molar-refractivity contribution >= 4 is 128 Å². The second-order valence-electron chi connectivity index (χ2n) is 4.09. The molecule has 0 fully saturated rings. The van der Waals surface area contributed by atoms with Crippen LogP contribution in [-0.4, -0.2) is 11.4 Å². The fourth-order valence-corrected chi connectivity index (χ4v) is 8.90. The van der Waals surface area contributed by atoms with Crippen molar-refractivity contribution in [2.75, 3.05) is 0 Å². The predicted octanol–water partition coefficient (Wildman–Crippen LogP) is 8.21. The molecule has 0 heterocycles. The van der Waals surface area contributed by atoms with E-state index in [1.165, 1.54) is 12.1 Å². The van der Waals surface area contributed by atoms with Crippen LogP contribution < -0.4 is 0 Å². The first-order valence-corrected chi connectivity index (χ1v) is 9.31. The Morgan fingerprint density at radius 2 is 1.05 bits per heavy atom. The number of alkyl halides is 11. The summed E-state index contributed by atoms with van der Waals surface area (Å²) in [5.41, 5.74) is -2.41. The van der Waals surface area contributed by atoms with Gasteiger partial charge < -0.3 is 0 Å². The van der Waals surface area contributed by atoms with Crippen LogP contribution in [0.15, 0.2) is 24.3 Å². The lowest BCUT2D eigenvalue weighted by Gasteiger charge is -2.54. The average Bonchev–Trinajstić information content (AvgIpc) is 2.23. The quantitative estimate of drug-likeness (QED) is 0.341. The smallest absolute Gasteiger partial charge is 0.0951 e. The van der Waals surface area contributed by atoms with E-state index in [-0.39, 0.29) is 5.56 Å². The molecule has 0 unspecified atom stereocenters. The third kappa shape index (κ3) is 3.74. The third-order valence-electron chi connectivity index (χ3n) is 2.79. The highest BCUT2D eigenvalue weighted by Gasteiger charge is 2.79. The molecule has 22 heavy (non-hydrogen) atoms. The van der Waals surface area contributed by atoms with Gasteiger partial charge >= 0.3 is 0 Å². The number of hydrogen-bond acceptors (Lipinski definition) is 0. The molecule has 1 rings (SSSR count). The van der Waals surface area contributed by atoms with Gasteiger partial charge in [0.2, 0.25) is 11.4 Å². The van der Waals surface area contributed by atoms with Gasteiger partial charge in [-0.1, -0.05) is 152 Å². The van der Waals surface area contributed by atoms with Gasteiger partial charge in [0, 0.05) is 0 Å². The van der Waals surface area contributed by atoms with Crippen LogP contribution >= 0.6 is 128 Å². The van der Waals surface area contributed by atoms with Crippen LogP contribution in [0.2, 0.25) is 0 Å². The van der Waals surface area contributed by atoms with Crippen LogP contribution in [0.25, 0.3) is 0 Å². The molecule has 0 saturated heterocycles. The van der Waals surface area contributed by atoms with Gasteiger partial charge in [-0.15, -0.1) is 0 Å². The molecule has 0 aliphatic rings. The van der Waals surface area contributed by atoms with Crippen molar-refractivity contribution in [1.29, 1.82) is 0 Å². The first kappa shape index (κ1) is 22.5. The fraction of sp³-hybridized carbons (Fsp3) is 0.455. The predicted molar refractivity (Wildman–Crippen MR) is 102 cm³/mol.